The fraction of sp³-hybridized carbons (Fsp3) is 1.00. The van der Waals surface area contributed by atoms with E-state index < -0.39 is 0 Å². The van der Waals surface area contributed by atoms with Gasteiger partial charge in [0, 0.05) is 4.83 Å². The molecule has 56 valence electrons. The van der Waals surface area contributed by atoms with E-state index in [1.54, 1.807) is 0 Å². The van der Waals surface area contributed by atoms with Gasteiger partial charge >= 0.3 is 0 Å². The first-order chi connectivity index (χ1) is 4.16. The Kier molecular flexibility index (Phi) is 5.56. The fourth-order valence-corrected chi connectivity index (χ4v) is 1.80. The molecule has 0 nitrogen and oxygen atoms in total. The summed E-state index contributed by atoms with van der Waals surface area (Å²) >= 11 is 3.54. The standard InChI is InChI=1S/C8H17Br/c1-4-5-7(2)6-8(3)9/h7-8H,4-6H2,1-3H3. The van der Waals surface area contributed by atoms with Crippen LogP contribution in [0.4, 0.5) is 0 Å². The van der Waals surface area contributed by atoms with E-state index >= 15 is 0 Å². The van der Waals surface area contributed by atoms with Gasteiger partial charge < -0.3 is 0 Å². The Morgan fingerprint density at radius 3 is 2.22 bits per heavy atom. The quantitative estimate of drug-likeness (QED) is 0.598. The van der Waals surface area contributed by atoms with Crippen LogP contribution < -0.4 is 0 Å². The third-order valence-corrected chi connectivity index (χ3v) is 1.88. The van der Waals surface area contributed by atoms with Crippen LogP contribution >= 0.6 is 15.9 Å². The van der Waals surface area contributed by atoms with Gasteiger partial charge in [-0.05, 0) is 12.3 Å². The average Bonchev–Trinajstić information content (AvgIpc) is 1.63. The van der Waals surface area contributed by atoms with E-state index in [9.17, 15) is 0 Å². The van der Waals surface area contributed by atoms with Gasteiger partial charge in [-0.1, -0.05) is 49.5 Å². The summed E-state index contributed by atoms with van der Waals surface area (Å²) < 4.78 is 0. The van der Waals surface area contributed by atoms with Gasteiger partial charge in [0.15, 0.2) is 0 Å². The van der Waals surface area contributed by atoms with Crippen LogP contribution in [0.15, 0.2) is 0 Å². The van der Waals surface area contributed by atoms with Gasteiger partial charge in [0.25, 0.3) is 0 Å². The molecule has 9 heavy (non-hydrogen) atoms. The average molecular weight is 193 g/mol. The molecule has 0 fully saturated rings. The van der Waals surface area contributed by atoms with Gasteiger partial charge in [0.05, 0.1) is 0 Å². The van der Waals surface area contributed by atoms with Crippen LogP contribution in [0, 0.1) is 5.92 Å². The normalized spacial score (nSPS) is 17.3. The summed E-state index contributed by atoms with van der Waals surface area (Å²) in [6.07, 6.45) is 4.00. The van der Waals surface area contributed by atoms with Gasteiger partial charge in [-0.25, -0.2) is 0 Å². The lowest BCUT2D eigenvalue weighted by molar-refractivity contribution is 0.488. The molecule has 0 aliphatic rings. The van der Waals surface area contributed by atoms with Gasteiger partial charge in [-0.15, -0.1) is 0 Å². The molecule has 0 aromatic heterocycles. The van der Waals surface area contributed by atoms with Crippen molar-refractivity contribution in [3.8, 4) is 0 Å². The Morgan fingerprint density at radius 1 is 1.33 bits per heavy atom. The molecule has 0 radical (unpaired) electrons. The van der Waals surface area contributed by atoms with Crippen LogP contribution in [0.3, 0.4) is 0 Å². The zero-order valence-corrected chi connectivity index (χ0v) is 8.24. The molecule has 0 bridgehead atoms. The minimum Gasteiger partial charge on any atom is -0.0894 e. The monoisotopic (exact) mass is 192 g/mol. The summed E-state index contributed by atoms with van der Waals surface area (Å²) in [6, 6.07) is 0. The van der Waals surface area contributed by atoms with E-state index in [4.69, 9.17) is 0 Å². The second kappa shape index (κ2) is 5.28. The Balaban J connectivity index is 3.15. The summed E-state index contributed by atoms with van der Waals surface area (Å²) in [5.41, 5.74) is 0. The molecule has 1 heteroatoms. The summed E-state index contributed by atoms with van der Waals surface area (Å²) in [7, 11) is 0. The van der Waals surface area contributed by atoms with Crippen LogP contribution in [0.2, 0.25) is 0 Å². The zero-order chi connectivity index (χ0) is 7.28. The molecule has 2 atom stereocenters. The van der Waals surface area contributed by atoms with Crippen molar-refractivity contribution in [2.24, 2.45) is 5.92 Å². The minimum atomic E-state index is 0.694. The highest BCUT2D eigenvalue weighted by Crippen LogP contribution is 2.16. The van der Waals surface area contributed by atoms with Crippen molar-refractivity contribution in [3.05, 3.63) is 0 Å². The van der Waals surface area contributed by atoms with Gasteiger partial charge in [0.2, 0.25) is 0 Å². The largest absolute Gasteiger partial charge is 0.0894 e. The smallest absolute Gasteiger partial charge is 0.0120 e. The topological polar surface area (TPSA) is 0 Å². The molecule has 0 spiro atoms. The number of rotatable bonds is 4. The van der Waals surface area contributed by atoms with E-state index in [-0.39, 0.29) is 0 Å². The summed E-state index contributed by atoms with van der Waals surface area (Å²) in [5.74, 6) is 0.893. The maximum Gasteiger partial charge on any atom is 0.0120 e. The highest BCUT2D eigenvalue weighted by atomic mass is 79.9. The Labute approximate surface area is 67.2 Å². The summed E-state index contributed by atoms with van der Waals surface area (Å²) in [4.78, 5) is 0.694. The third kappa shape index (κ3) is 6.36. The van der Waals surface area contributed by atoms with E-state index in [0.717, 1.165) is 5.92 Å². The highest BCUT2D eigenvalue weighted by molar-refractivity contribution is 9.09. The molecule has 0 rings (SSSR count). The fourth-order valence-electron chi connectivity index (χ4n) is 1.17. The van der Waals surface area contributed by atoms with Crippen molar-refractivity contribution < 1.29 is 0 Å². The Hall–Kier alpha value is 0.480. The third-order valence-electron chi connectivity index (χ3n) is 1.51. The minimum absolute atomic E-state index is 0.694. The zero-order valence-electron chi connectivity index (χ0n) is 6.65. The van der Waals surface area contributed by atoms with Crippen molar-refractivity contribution in [1.82, 2.24) is 0 Å². The van der Waals surface area contributed by atoms with E-state index in [0.29, 0.717) is 4.83 Å². The molecular formula is C8H17Br. The van der Waals surface area contributed by atoms with Crippen molar-refractivity contribution >= 4 is 15.9 Å². The molecule has 0 heterocycles. The first kappa shape index (κ1) is 9.48. The van der Waals surface area contributed by atoms with Crippen LogP contribution in [0.1, 0.15) is 40.0 Å². The predicted molar refractivity (Wildman–Crippen MR) is 47.1 cm³/mol. The molecule has 0 saturated carbocycles. The van der Waals surface area contributed by atoms with Crippen molar-refractivity contribution in [2.45, 2.75) is 44.9 Å². The Morgan fingerprint density at radius 2 is 1.89 bits per heavy atom. The van der Waals surface area contributed by atoms with Crippen LogP contribution in [-0.4, -0.2) is 4.83 Å². The lowest BCUT2D eigenvalue weighted by atomic mass is 10.0. The van der Waals surface area contributed by atoms with Crippen molar-refractivity contribution in [2.75, 3.05) is 0 Å². The lowest BCUT2D eigenvalue weighted by Gasteiger charge is -2.10. The molecule has 0 aromatic rings. The van der Waals surface area contributed by atoms with Crippen molar-refractivity contribution in [3.63, 3.8) is 0 Å². The first-order valence-corrected chi connectivity index (χ1v) is 4.72. The molecule has 0 aromatic carbocycles. The molecule has 2 unspecified atom stereocenters. The molecule has 0 aliphatic heterocycles. The highest BCUT2D eigenvalue weighted by Gasteiger charge is 2.03. The SMILES string of the molecule is CCCC(C)CC(C)Br. The summed E-state index contributed by atoms with van der Waals surface area (Å²) in [5, 5.41) is 0. The van der Waals surface area contributed by atoms with Gasteiger partial charge in [0.1, 0.15) is 0 Å². The number of hydrogen-bond acceptors (Lipinski definition) is 0. The van der Waals surface area contributed by atoms with Crippen LogP contribution in [0.25, 0.3) is 0 Å². The van der Waals surface area contributed by atoms with Crippen LogP contribution in [0.5, 0.6) is 0 Å². The predicted octanol–water partition coefficient (Wildman–Crippen LogP) is 3.60. The lowest BCUT2D eigenvalue weighted by Crippen LogP contribution is -2.00. The molecule has 0 amide bonds. The molecule has 0 N–H and O–H groups in total. The molecular weight excluding hydrogens is 176 g/mol. The van der Waals surface area contributed by atoms with Crippen molar-refractivity contribution in [1.29, 1.82) is 0 Å². The van der Waals surface area contributed by atoms with Gasteiger partial charge in [-0.3, -0.25) is 0 Å². The maximum absolute atomic E-state index is 3.54. The number of alkyl halides is 1. The van der Waals surface area contributed by atoms with E-state index in [2.05, 4.69) is 36.7 Å². The maximum atomic E-state index is 3.54. The second-order valence-electron chi connectivity index (χ2n) is 2.91. The van der Waals surface area contributed by atoms with E-state index in [1.807, 2.05) is 0 Å². The number of halogens is 1. The first-order valence-electron chi connectivity index (χ1n) is 3.80. The number of hydrogen-bond donors (Lipinski definition) is 0. The van der Waals surface area contributed by atoms with E-state index in [1.165, 1.54) is 19.3 Å². The molecule has 0 aliphatic carbocycles. The second-order valence-corrected chi connectivity index (χ2v) is 4.47. The van der Waals surface area contributed by atoms with Crippen LogP contribution in [-0.2, 0) is 0 Å². The molecule has 0 saturated heterocycles. The van der Waals surface area contributed by atoms with Gasteiger partial charge in [-0.2, -0.15) is 0 Å². The Bertz CT molecular complexity index is 59.6. The summed E-state index contributed by atoms with van der Waals surface area (Å²) in [6.45, 7) is 6.78.